The summed E-state index contributed by atoms with van der Waals surface area (Å²) in [6.45, 7) is 0.647. The third-order valence-corrected chi connectivity index (χ3v) is 4.04. The van der Waals surface area contributed by atoms with Crippen LogP contribution in [0.2, 0.25) is 0 Å². The molecule has 2 aromatic rings. The number of aryl methyl sites for hydroxylation is 1. The summed E-state index contributed by atoms with van der Waals surface area (Å²) in [5.41, 5.74) is 4.23. The first-order valence-corrected chi connectivity index (χ1v) is 7.36. The molecule has 21 heavy (non-hydrogen) atoms. The van der Waals surface area contributed by atoms with Crippen LogP contribution < -0.4 is 5.46 Å². The monoisotopic (exact) mass is 286 g/mol. The van der Waals surface area contributed by atoms with Gasteiger partial charge in [-0.15, -0.1) is 0 Å². The van der Waals surface area contributed by atoms with Crippen molar-refractivity contribution in [3.05, 3.63) is 65.2 Å². The highest BCUT2D eigenvalue weighted by molar-refractivity contribution is 6.58. The molecule has 1 unspecified atom stereocenters. The van der Waals surface area contributed by atoms with E-state index in [1.165, 1.54) is 16.7 Å². The molecule has 0 bridgehead atoms. The van der Waals surface area contributed by atoms with Gasteiger partial charge in [0.05, 0.1) is 12.7 Å². The molecule has 1 aliphatic carbocycles. The Hall–Kier alpha value is -1.62. The molecule has 0 heterocycles. The van der Waals surface area contributed by atoms with Gasteiger partial charge in [0.25, 0.3) is 0 Å². The first-order chi connectivity index (χ1) is 10.2. The van der Waals surface area contributed by atoms with Crippen molar-refractivity contribution in [3.8, 4) is 0 Å². The van der Waals surface area contributed by atoms with Crippen molar-refractivity contribution < 1.29 is 17.6 Å². The zero-order valence-corrected chi connectivity index (χ0v) is 11.9. The quantitative estimate of drug-likeness (QED) is 0.844. The summed E-state index contributed by atoms with van der Waals surface area (Å²) in [5, 5.41) is 18.4. The molecule has 3 nitrogen and oxygen atoms in total. The molecule has 0 spiro atoms. The summed E-state index contributed by atoms with van der Waals surface area (Å²) in [6, 6.07) is 15.9. The molecule has 0 aromatic heterocycles. The van der Waals surface area contributed by atoms with Crippen LogP contribution in [0, 0.1) is 0 Å². The Labute approximate surface area is 128 Å². The highest BCUT2D eigenvalue weighted by Crippen LogP contribution is 2.23. The van der Waals surface area contributed by atoms with Crippen LogP contribution in [0.5, 0.6) is 0 Å². The van der Waals surface area contributed by atoms with Crippen molar-refractivity contribution in [1.29, 1.82) is 0 Å². The Kier molecular flexibility index (Phi) is 4.39. The summed E-state index contributed by atoms with van der Waals surface area (Å²) in [7, 11) is -1.39. The predicted octanol–water partition coefficient (Wildman–Crippen LogP) is 1.93. The molecular weight excluding hydrogens is 263 g/mol. The Morgan fingerprint density at radius 3 is 2.67 bits per heavy atom. The summed E-state index contributed by atoms with van der Waals surface area (Å²) in [4.78, 5) is 0. The van der Waals surface area contributed by atoms with Crippen LogP contribution in [0.15, 0.2) is 48.5 Å². The lowest BCUT2D eigenvalue weighted by Crippen LogP contribution is -2.31. The normalized spacial score (nSPS) is 17.3. The van der Waals surface area contributed by atoms with Crippen LogP contribution in [-0.4, -0.2) is 23.3 Å². The second-order valence-corrected chi connectivity index (χ2v) is 5.56. The van der Waals surface area contributed by atoms with E-state index in [1.54, 1.807) is 6.07 Å². The molecule has 0 amide bonds. The minimum atomic E-state index is -1.39. The van der Waals surface area contributed by atoms with Gasteiger partial charge in [0, 0.05) is 2.85 Å². The molecule has 0 saturated carbocycles. The van der Waals surface area contributed by atoms with E-state index in [-0.39, 0.29) is 8.96 Å². The molecule has 3 rings (SSSR count). The fraction of sp³-hybridized carbons (Fsp3) is 0.294. The molecule has 0 saturated heterocycles. The van der Waals surface area contributed by atoms with Crippen LogP contribution >= 0.6 is 0 Å². The summed E-state index contributed by atoms with van der Waals surface area (Å²) < 4.78 is 6.00. The Bertz CT molecular complexity index is 608. The van der Waals surface area contributed by atoms with Crippen molar-refractivity contribution in [2.75, 3.05) is 0 Å². The third kappa shape index (κ3) is 3.53. The van der Waals surface area contributed by atoms with Gasteiger partial charge in [-0.3, -0.25) is 0 Å². The number of ether oxygens (including phenoxy) is 1. The highest BCUT2D eigenvalue weighted by atomic mass is 16.5. The largest absolute Gasteiger partial charge is 0.488 e. The lowest BCUT2D eigenvalue weighted by molar-refractivity contribution is 0.0319. The maximum Gasteiger partial charge on any atom is 0.488 e. The average molecular weight is 286 g/mol. The van der Waals surface area contributed by atoms with Gasteiger partial charge in [-0.25, -0.2) is 0 Å². The zero-order valence-electron chi connectivity index (χ0n) is 11.9. The van der Waals surface area contributed by atoms with Crippen LogP contribution in [-0.2, 0) is 24.2 Å². The van der Waals surface area contributed by atoms with E-state index in [9.17, 15) is 10.0 Å². The van der Waals surface area contributed by atoms with E-state index in [4.69, 9.17) is 4.74 Å². The average Bonchev–Trinajstić information content (AvgIpc) is 2.53. The molecular formula is C17H23BO3. The molecule has 0 fully saturated rings. The zero-order chi connectivity index (χ0) is 14.7. The van der Waals surface area contributed by atoms with Crippen molar-refractivity contribution in [1.82, 2.24) is 0 Å². The molecule has 0 aliphatic heterocycles. The van der Waals surface area contributed by atoms with E-state index in [0.717, 1.165) is 19.3 Å². The smallest absolute Gasteiger partial charge is 0.423 e. The minimum Gasteiger partial charge on any atom is -0.423 e. The van der Waals surface area contributed by atoms with Crippen LogP contribution in [0.25, 0.3) is 0 Å². The lowest BCUT2D eigenvalue weighted by Gasteiger charge is -2.25. The number of rotatable bonds is 4. The van der Waals surface area contributed by atoms with Crippen molar-refractivity contribution >= 4 is 12.6 Å². The van der Waals surface area contributed by atoms with E-state index in [1.807, 2.05) is 30.3 Å². The Balaban J connectivity index is 0.00000132. The third-order valence-electron chi connectivity index (χ3n) is 4.04. The Morgan fingerprint density at radius 1 is 1.10 bits per heavy atom. The number of hydrogen-bond acceptors (Lipinski definition) is 3. The minimum absolute atomic E-state index is 0. The standard InChI is InChI=1S/C17H19BO3.2H2/c19-18(20)16-8-6-15-11-17(9-7-14(15)10-16)21-12-13-4-2-1-3-5-13;;/h1-6,8,10,17,19-20H,7,9,11-12H2;2*1H. The van der Waals surface area contributed by atoms with Gasteiger partial charge in [0.2, 0.25) is 0 Å². The van der Waals surface area contributed by atoms with E-state index in [2.05, 4.69) is 12.1 Å². The van der Waals surface area contributed by atoms with Crippen LogP contribution in [0.1, 0.15) is 26.0 Å². The van der Waals surface area contributed by atoms with Gasteiger partial charge < -0.3 is 14.8 Å². The first kappa shape index (κ1) is 14.3. The fourth-order valence-electron chi connectivity index (χ4n) is 2.83. The summed E-state index contributed by atoms with van der Waals surface area (Å²) >= 11 is 0. The van der Waals surface area contributed by atoms with Gasteiger partial charge in [0.1, 0.15) is 0 Å². The number of benzene rings is 2. The van der Waals surface area contributed by atoms with Gasteiger partial charge >= 0.3 is 7.12 Å². The molecule has 0 radical (unpaired) electrons. The highest BCUT2D eigenvalue weighted by Gasteiger charge is 2.21. The first-order valence-electron chi connectivity index (χ1n) is 7.36. The maximum absolute atomic E-state index is 9.22. The molecule has 112 valence electrons. The predicted molar refractivity (Wildman–Crippen MR) is 87.5 cm³/mol. The fourth-order valence-corrected chi connectivity index (χ4v) is 2.83. The van der Waals surface area contributed by atoms with E-state index < -0.39 is 7.12 Å². The van der Waals surface area contributed by atoms with Crippen molar-refractivity contribution in [3.63, 3.8) is 0 Å². The van der Waals surface area contributed by atoms with E-state index in [0.29, 0.717) is 12.1 Å². The second-order valence-electron chi connectivity index (χ2n) is 5.56. The maximum atomic E-state index is 9.22. The molecule has 4 heteroatoms. The molecule has 1 atom stereocenters. The van der Waals surface area contributed by atoms with Crippen LogP contribution in [0.3, 0.4) is 0 Å². The van der Waals surface area contributed by atoms with Gasteiger partial charge in [-0.2, -0.15) is 0 Å². The van der Waals surface area contributed by atoms with Gasteiger partial charge in [-0.05, 0) is 41.4 Å². The molecule has 2 N–H and O–H groups in total. The lowest BCUT2D eigenvalue weighted by atomic mass is 9.77. The van der Waals surface area contributed by atoms with Crippen LogP contribution in [0.4, 0.5) is 0 Å². The summed E-state index contributed by atoms with van der Waals surface area (Å²) in [5.74, 6) is 0. The Morgan fingerprint density at radius 2 is 1.90 bits per heavy atom. The van der Waals surface area contributed by atoms with Crippen molar-refractivity contribution in [2.45, 2.75) is 32.0 Å². The molecule has 2 aromatic carbocycles. The number of fused-ring (bicyclic) bond motifs is 1. The second kappa shape index (κ2) is 6.44. The van der Waals surface area contributed by atoms with E-state index >= 15 is 0 Å². The topological polar surface area (TPSA) is 49.7 Å². The van der Waals surface area contributed by atoms with Gasteiger partial charge in [0.15, 0.2) is 0 Å². The van der Waals surface area contributed by atoms with Gasteiger partial charge in [-0.1, -0.05) is 48.5 Å². The SMILES string of the molecule is OB(O)c1ccc2c(c1)CCC(OCc1ccccc1)C2.[HH].[HH]. The molecule has 1 aliphatic rings. The van der Waals surface area contributed by atoms with Crippen molar-refractivity contribution in [2.24, 2.45) is 0 Å². The number of hydrogen-bond donors (Lipinski definition) is 2. The summed E-state index contributed by atoms with van der Waals surface area (Å²) in [6.07, 6.45) is 3.03.